The molecule has 176 valence electrons. The van der Waals surface area contributed by atoms with E-state index in [1.807, 2.05) is 45.0 Å². The number of hydrogen-bond donors (Lipinski definition) is 2. The lowest BCUT2D eigenvalue weighted by atomic mass is 9.86. The van der Waals surface area contributed by atoms with E-state index in [1.165, 1.54) is 12.1 Å². The van der Waals surface area contributed by atoms with Gasteiger partial charge in [0.1, 0.15) is 23.2 Å². The van der Waals surface area contributed by atoms with Gasteiger partial charge < -0.3 is 20.5 Å². The van der Waals surface area contributed by atoms with Crippen molar-refractivity contribution in [2.45, 2.75) is 39.9 Å². The van der Waals surface area contributed by atoms with E-state index in [0.29, 0.717) is 30.4 Å². The SMILES string of the molecule is CC(C)(C)[C@H](N)C(=O)N1CCn2c(nc(-c3ccc(F)cc3)c2Nc2ccc(Cl)cc2)C1.S. The van der Waals surface area contributed by atoms with Gasteiger partial charge in [0, 0.05) is 29.4 Å². The summed E-state index contributed by atoms with van der Waals surface area (Å²) in [6.45, 7) is 7.34. The number of benzene rings is 2. The largest absolute Gasteiger partial charge is 0.340 e. The molecule has 1 aliphatic heterocycles. The molecule has 9 heteroatoms. The van der Waals surface area contributed by atoms with Crippen LogP contribution in [-0.4, -0.2) is 32.9 Å². The Morgan fingerprint density at radius 1 is 1.12 bits per heavy atom. The van der Waals surface area contributed by atoms with Crippen molar-refractivity contribution in [3.05, 3.63) is 65.2 Å². The summed E-state index contributed by atoms with van der Waals surface area (Å²) in [5.41, 5.74) is 8.23. The zero-order valence-corrected chi connectivity index (χ0v) is 20.7. The Kier molecular flexibility index (Phi) is 7.41. The van der Waals surface area contributed by atoms with Crippen molar-refractivity contribution in [1.82, 2.24) is 14.5 Å². The smallest absolute Gasteiger partial charge is 0.240 e. The number of nitrogens with zero attached hydrogens (tertiary/aromatic N) is 3. The van der Waals surface area contributed by atoms with Gasteiger partial charge in [0.05, 0.1) is 12.6 Å². The van der Waals surface area contributed by atoms with Crippen LogP contribution in [0.5, 0.6) is 0 Å². The molecule has 0 spiro atoms. The van der Waals surface area contributed by atoms with Crippen LogP contribution in [0, 0.1) is 11.2 Å². The zero-order valence-electron chi connectivity index (χ0n) is 18.9. The second-order valence-corrected chi connectivity index (χ2v) is 9.56. The molecular weight excluding hydrogens is 461 g/mol. The minimum Gasteiger partial charge on any atom is -0.340 e. The number of rotatable bonds is 4. The Labute approximate surface area is 205 Å². The van der Waals surface area contributed by atoms with Crippen molar-refractivity contribution in [1.29, 1.82) is 0 Å². The minimum atomic E-state index is -0.591. The predicted molar refractivity (Wildman–Crippen MR) is 136 cm³/mol. The van der Waals surface area contributed by atoms with Crippen molar-refractivity contribution < 1.29 is 9.18 Å². The van der Waals surface area contributed by atoms with Crippen LogP contribution in [-0.2, 0) is 17.9 Å². The van der Waals surface area contributed by atoms with Crippen LogP contribution in [0.15, 0.2) is 48.5 Å². The molecule has 3 N–H and O–H groups in total. The van der Waals surface area contributed by atoms with Crippen LogP contribution < -0.4 is 11.1 Å². The molecule has 2 aromatic carbocycles. The summed E-state index contributed by atoms with van der Waals surface area (Å²) < 4.78 is 15.6. The molecular formula is C24H29ClFN5OS. The molecule has 2 heterocycles. The summed E-state index contributed by atoms with van der Waals surface area (Å²) in [6, 6.07) is 13.0. The third-order valence-corrected chi connectivity index (χ3v) is 5.96. The minimum absolute atomic E-state index is 0. The third kappa shape index (κ3) is 5.34. The molecule has 1 aromatic heterocycles. The van der Waals surface area contributed by atoms with Gasteiger partial charge in [0.25, 0.3) is 0 Å². The van der Waals surface area contributed by atoms with Gasteiger partial charge in [-0.25, -0.2) is 9.37 Å². The van der Waals surface area contributed by atoms with E-state index in [1.54, 1.807) is 17.0 Å². The predicted octanol–water partition coefficient (Wildman–Crippen LogP) is 4.91. The molecule has 0 bridgehead atoms. The van der Waals surface area contributed by atoms with Crippen LogP contribution >= 0.6 is 25.1 Å². The molecule has 0 saturated heterocycles. The van der Waals surface area contributed by atoms with E-state index >= 15 is 0 Å². The van der Waals surface area contributed by atoms with Crippen molar-refractivity contribution in [3.8, 4) is 11.3 Å². The first-order valence-corrected chi connectivity index (χ1v) is 10.9. The lowest BCUT2D eigenvalue weighted by Crippen LogP contribution is -2.52. The molecule has 0 aliphatic carbocycles. The number of nitrogens with one attached hydrogen (secondary N) is 1. The van der Waals surface area contributed by atoms with Gasteiger partial charge in [-0.2, -0.15) is 13.5 Å². The Balaban J connectivity index is 0.00000306. The number of fused-ring (bicyclic) bond motifs is 1. The summed E-state index contributed by atoms with van der Waals surface area (Å²) in [5, 5.41) is 4.08. The number of nitrogens with two attached hydrogens (primary N) is 1. The van der Waals surface area contributed by atoms with E-state index in [-0.39, 0.29) is 30.6 Å². The van der Waals surface area contributed by atoms with Gasteiger partial charge in [-0.05, 0) is 53.9 Å². The molecule has 3 aromatic rings. The quantitative estimate of drug-likeness (QED) is 0.545. The lowest BCUT2D eigenvalue weighted by Gasteiger charge is -2.34. The van der Waals surface area contributed by atoms with Crippen molar-refractivity contribution in [3.63, 3.8) is 0 Å². The fourth-order valence-electron chi connectivity index (χ4n) is 3.69. The molecule has 0 unspecified atom stereocenters. The van der Waals surface area contributed by atoms with Gasteiger partial charge in [0.15, 0.2) is 0 Å². The number of carbonyl (C=O) groups excluding carboxylic acids is 1. The normalized spacial score (nSPS) is 14.3. The number of hydrogen-bond acceptors (Lipinski definition) is 4. The Morgan fingerprint density at radius 3 is 2.36 bits per heavy atom. The van der Waals surface area contributed by atoms with Crippen LogP contribution in [0.25, 0.3) is 11.3 Å². The fourth-order valence-corrected chi connectivity index (χ4v) is 3.82. The molecule has 0 fully saturated rings. The summed E-state index contributed by atoms with van der Waals surface area (Å²) in [5.74, 6) is 1.16. The van der Waals surface area contributed by atoms with Crippen molar-refractivity contribution in [2.24, 2.45) is 11.1 Å². The average Bonchev–Trinajstić information content (AvgIpc) is 3.11. The Hall–Kier alpha value is -2.55. The van der Waals surface area contributed by atoms with Gasteiger partial charge >= 0.3 is 0 Å². The van der Waals surface area contributed by atoms with Gasteiger partial charge in [-0.15, -0.1) is 0 Å². The van der Waals surface area contributed by atoms with Crippen molar-refractivity contribution in [2.75, 3.05) is 11.9 Å². The Morgan fingerprint density at radius 2 is 1.76 bits per heavy atom. The summed E-state index contributed by atoms with van der Waals surface area (Å²) >= 11 is 6.03. The first kappa shape index (κ1) is 25.1. The molecule has 1 atom stereocenters. The van der Waals surface area contributed by atoms with E-state index in [4.69, 9.17) is 22.3 Å². The summed E-state index contributed by atoms with van der Waals surface area (Å²) in [7, 11) is 0. The highest BCUT2D eigenvalue weighted by Gasteiger charge is 2.34. The molecule has 0 saturated carbocycles. The lowest BCUT2D eigenvalue weighted by molar-refractivity contribution is -0.136. The maximum atomic E-state index is 13.5. The standard InChI is InChI=1S/C24H27ClFN5O.H2S/c1-24(2,3)21(27)23(32)30-12-13-31-19(14-30)29-20(15-4-8-17(26)9-5-15)22(31)28-18-10-6-16(25)7-11-18;/h4-11,21,28H,12-14,27H2,1-3H3;1H2/t21-;/m1./s1. The summed E-state index contributed by atoms with van der Waals surface area (Å²) in [6.07, 6.45) is 0. The third-order valence-electron chi connectivity index (χ3n) is 5.71. The van der Waals surface area contributed by atoms with Gasteiger partial charge in [0.2, 0.25) is 5.91 Å². The van der Waals surface area contributed by atoms with Crippen LogP contribution in [0.1, 0.15) is 26.6 Å². The number of carbonyl (C=O) groups is 1. The summed E-state index contributed by atoms with van der Waals surface area (Å²) in [4.78, 5) is 19.6. The number of amides is 1. The number of anilines is 2. The maximum absolute atomic E-state index is 13.5. The highest BCUT2D eigenvalue weighted by atomic mass is 35.5. The van der Waals surface area contributed by atoms with E-state index in [0.717, 1.165) is 22.9 Å². The highest BCUT2D eigenvalue weighted by molar-refractivity contribution is 7.59. The van der Waals surface area contributed by atoms with Crippen molar-refractivity contribution >= 4 is 42.5 Å². The first-order chi connectivity index (χ1) is 15.1. The number of halogens is 2. The molecule has 6 nitrogen and oxygen atoms in total. The fraction of sp³-hybridized carbons (Fsp3) is 0.333. The van der Waals surface area contributed by atoms with E-state index in [2.05, 4.69) is 9.88 Å². The van der Waals surface area contributed by atoms with Gasteiger partial charge in [-0.3, -0.25) is 4.79 Å². The number of aromatic nitrogens is 2. The molecule has 1 aliphatic rings. The Bertz CT molecular complexity index is 1130. The van der Waals surface area contributed by atoms with Gasteiger partial charge in [-0.1, -0.05) is 32.4 Å². The second kappa shape index (κ2) is 9.75. The highest BCUT2D eigenvalue weighted by Crippen LogP contribution is 2.34. The van der Waals surface area contributed by atoms with Crippen LogP contribution in [0.3, 0.4) is 0 Å². The van der Waals surface area contributed by atoms with E-state index in [9.17, 15) is 9.18 Å². The first-order valence-electron chi connectivity index (χ1n) is 10.6. The molecule has 0 radical (unpaired) electrons. The molecule has 33 heavy (non-hydrogen) atoms. The molecule has 4 rings (SSSR count). The molecule has 1 amide bonds. The monoisotopic (exact) mass is 489 g/mol. The average molecular weight is 490 g/mol. The second-order valence-electron chi connectivity index (χ2n) is 9.12. The zero-order chi connectivity index (χ0) is 23.0. The van der Waals surface area contributed by atoms with E-state index < -0.39 is 6.04 Å². The maximum Gasteiger partial charge on any atom is 0.240 e. The number of imidazole rings is 1. The van der Waals surface area contributed by atoms with Crippen LogP contribution in [0.2, 0.25) is 5.02 Å². The topological polar surface area (TPSA) is 76.2 Å². The van der Waals surface area contributed by atoms with Crippen LogP contribution in [0.4, 0.5) is 15.9 Å².